The van der Waals surface area contributed by atoms with Crippen molar-refractivity contribution in [2.24, 2.45) is 5.92 Å². The first-order valence-corrected chi connectivity index (χ1v) is 7.26. The monoisotopic (exact) mass is 274 g/mol. The van der Waals surface area contributed by atoms with Gasteiger partial charge in [-0.05, 0) is 31.7 Å². The predicted molar refractivity (Wildman–Crippen MR) is 78.1 cm³/mol. The standard InChI is InChI=1S/C16H22N2O2/c1-12-10-14(11-15(19)18-12)16(20)17-9-5-8-13-6-3-2-4-7-13/h2-4,6-7,12,14H,5,8-11H2,1H3,(H,17,20)(H,18,19)/t12-,14-/m0/s1. The van der Waals surface area contributed by atoms with Gasteiger partial charge in [-0.15, -0.1) is 0 Å². The van der Waals surface area contributed by atoms with E-state index >= 15 is 0 Å². The second kappa shape index (κ2) is 7.08. The van der Waals surface area contributed by atoms with Gasteiger partial charge >= 0.3 is 0 Å². The summed E-state index contributed by atoms with van der Waals surface area (Å²) in [4.78, 5) is 23.4. The number of aryl methyl sites for hydroxylation is 1. The van der Waals surface area contributed by atoms with E-state index in [0.29, 0.717) is 13.0 Å². The molecule has 2 atom stereocenters. The van der Waals surface area contributed by atoms with Gasteiger partial charge in [0.15, 0.2) is 0 Å². The zero-order chi connectivity index (χ0) is 14.4. The van der Waals surface area contributed by atoms with E-state index < -0.39 is 0 Å². The Labute approximate surface area is 119 Å². The second-order valence-corrected chi connectivity index (χ2v) is 5.49. The van der Waals surface area contributed by atoms with Gasteiger partial charge in [0.2, 0.25) is 11.8 Å². The van der Waals surface area contributed by atoms with E-state index in [1.54, 1.807) is 0 Å². The minimum atomic E-state index is -0.171. The van der Waals surface area contributed by atoms with Crippen molar-refractivity contribution in [2.75, 3.05) is 6.54 Å². The molecule has 2 amide bonds. The van der Waals surface area contributed by atoms with Crippen LogP contribution in [0.15, 0.2) is 30.3 Å². The molecule has 0 radical (unpaired) electrons. The quantitative estimate of drug-likeness (QED) is 0.802. The largest absolute Gasteiger partial charge is 0.356 e. The Morgan fingerprint density at radius 3 is 2.80 bits per heavy atom. The predicted octanol–water partition coefficient (Wildman–Crippen LogP) is 1.65. The van der Waals surface area contributed by atoms with Gasteiger partial charge in [0.1, 0.15) is 0 Å². The molecule has 1 heterocycles. The van der Waals surface area contributed by atoms with E-state index in [0.717, 1.165) is 19.3 Å². The van der Waals surface area contributed by atoms with Gasteiger partial charge in [-0.2, -0.15) is 0 Å². The summed E-state index contributed by atoms with van der Waals surface area (Å²) in [5, 5.41) is 5.78. The first kappa shape index (κ1) is 14.6. The highest BCUT2D eigenvalue weighted by atomic mass is 16.2. The lowest BCUT2D eigenvalue weighted by Gasteiger charge is -2.26. The van der Waals surface area contributed by atoms with E-state index in [1.807, 2.05) is 25.1 Å². The van der Waals surface area contributed by atoms with Crippen LogP contribution in [0.3, 0.4) is 0 Å². The molecule has 0 bridgehead atoms. The molecule has 4 heteroatoms. The highest BCUT2D eigenvalue weighted by Gasteiger charge is 2.28. The molecule has 0 spiro atoms. The van der Waals surface area contributed by atoms with Crippen LogP contribution >= 0.6 is 0 Å². The average Bonchev–Trinajstić information content (AvgIpc) is 2.43. The molecule has 1 aromatic rings. The third-order valence-electron chi connectivity index (χ3n) is 3.63. The first-order valence-electron chi connectivity index (χ1n) is 7.26. The van der Waals surface area contributed by atoms with Crippen LogP contribution < -0.4 is 10.6 Å². The van der Waals surface area contributed by atoms with Crippen molar-refractivity contribution in [1.29, 1.82) is 0 Å². The SMILES string of the molecule is C[C@H]1C[C@H](C(=O)NCCCc2ccccc2)CC(=O)N1. The van der Waals surface area contributed by atoms with Crippen LogP contribution in [0.5, 0.6) is 0 Å². The number of carbonyl (C=O) groups excluding carboxylic acids is 2. The van der Waals surface area contributed by atoms with Crippen LogP contribution in [-0.4, -0.2) is 24.4 Å². The molecule has 1 aromatic carbocycles. The summed E-state index contributed by atoms with van der Waals surface area (Å²) in [5.41, 5.74) is 1.28. The first-order chi connectivity index (χ1) is 9.65. The van der Waals surface area contributed by atoms with Gasteiger partial charge in [-0.3, -0.25) is 9.59 Å². The maximum Gasteiger partial charge on any atom is 0.223 e. The number of amides is 2. The van der Waals surface area contributed by atoms with E-state index in [1.165, 1.54) is 5.56 Å². The molecule has 2 N–H and O–H groups in total. The molecule has 0 aliphatic carbocycles. The average molecular weight is 274 g/mol. The molecule has 20 heavy (non-hydrogen) atoms. The number of nitrogens with one attached hydrogen (secondary N) is 2. The van der Waals surface area contributed by atoms with Crippen molar-refractivity contribution in [3.63, 3.8) is 0 Å². The van der Waals surface area contributed by atoms with Gasteiger partial charge in [0.05, 0.1) is 0 Å². The summed E-state index contributed by atoms with van der Waals surface area (Å²) in [6.07, 6.45) is 2.93. The molecule has 4 nitrogen and oxygen atoms in total. The Morgan fingerprint density at radius 1 is 1.35 bits per heavy atom. The molecule has 1 aliphatic heterocycles. The van der Waals surface area contributed by atoms with Crippen LogP contribution in [0.1, 0.15) is 31.7 Å². The summed E-state index contributed by atoms with van der Waals surface area (Å²) in [5.74, 6) is -0.177. The van der Waals surface area contributed by atoms with Crippen molar-refractivity contribution in [2.45, 2.75) is 38.6 Å². The molecule has 1 fully saturated rings. The van der Waals surface area contributed by atoms with E-state index in [4.69, 9.17) is 0 Å². The molecule has 0 saturated carbocycles. The van der Waals surface area contributed by atoms with E-state index in [2.05, 4.69) is 22.8 Å². The number of rotatable bonds is 5. The maximum atomic E-state index is 12.0. The number of carbonyl (C=O) groups is 2. The molecule has 1 aliphatic rings. The van der Waals surface area contributed by atoms with Gasteiger partial charge in [-0.1, -0.05) is 30.3 Å². The number of benzene rings is 1. The fourth-order valence-corrected chi connectivity index (χ4v) is 2.62. The van der Waals surface area contributed by atoms with Gasteiger partial charge in [-0.25, -0.2) is 0 Å². The van der Waals surface area contributed by atoms with Crippen molar-refractivity contribution in [3.05, 3.63) is 35.9 Å². The van der Waals surface area contributed by atoms with Crippen LogP contribution in [-0.2, 0) is 16.0 Å². The summed E-state index contributed by atoms with van der Waals surface area (Å²) in [7, 11) is 0. The lowest BCUT2D eigenvalue weighted by atomic mass is 9.92. The Morgan fingerprint density at radius 2 is 2.10 bits per heavy atom. The zero-order valence-electron chi connectivity index (χ0n) is 11.9. The third kappa shape index (κ3) is 4.37. The molecule has 2 rings (SSSR count). The summed E-state index contributed by atoms with van der Waals surface area (Å²) in [6, 6.07) is 10.3. The molecular formula is C16H22N2O2. The topological polar surface area (TPSA) is 58.2 Å². The molecule has 0 unspecified atom stereocenters. The fraction of sp³-hybridized carbons (Fsp3) is 0.500. The number of hydrogen-bond donors (Lipinski definition) is 2. The Balaban J connectivity index is 1.68. The fourth-order valence-electron chi connectivity index (χ4n) is 2.62. The minimum absolute atomic E-state index is 0.0137. The number of hydrogen-bond acceptors (Lipinski definition) is 2. The van der Waals surface area contributed by atoms with Crippen LogP contribution in [0.2, 0.25) is 0 Å². The Bertz CT molecular complexity index is 459. The van der Waals surface area contributed by atoms with Crippen LogP contribution in [0, 0.1) is 5.92 Å². The normalized spacial score (nSPS) is 22.1. The third-order valence-corrected chi connectivity index (χ3v) is 3.63. The Hall–Kier alpha value is -1.84. The van der Waals surface area contributed by atoms with Crippen LogP contribution in [0.4, 0.5) is 0 Å². The van der Waals surface area contributed by atoms with Crippen molar-refractivity contribution >= 4 is 11.8 Å². The second-order valence-electron chi connectivity index (χ2n) is 5.49. The van der Waals surface area contributed by atoms with Gasteiger partial charge < -0.3 is 10.6 Å². The molecular weight excluding hydrogens is 252 g/mol. The van der Waals surface area contributed by atoms with Crippen LogP contribution in [0.25, 0.3) is 0 Å². The van der Waals surface area contributed by atoms with Crippen molar-refractivity contribution in [3.8, 4) is 0 Å². The lowest BCUT2D eigenvalue weighted by Crippen LogP contribution is -2.45. The highest BCUT2D eigenvalue weighted by molar-refractivity contribution is 5.87. The Kier molecular flexibility index (Phi) is 5.16. The summed E-state index contributed by atoms with van der Waals surface area (Å²) < 4.78 is 0. The van der Waals surface area contributed by atoms with Crippen molar-refractivity contribution in [1.82, 2.24) is 10.6 Å². The smallest absolute Gasteiger partial charge is 0.223 e. The lowest BCUT2D eigenvalue weighted by molar-refractivity contribution is -0.133. The zero-order valence-corrected chi connectivity index (χ0v) is 11.9. The molecule has 1 saturated heterocycles. The summed E-state index contributed by atoms with van der Waals surface area (Å²) in [6.45, 7) is 2.60. The number of piperidine rings is 1. The molecule has 108 valence electrons. The van der Waals surface area contributed by atoms with Crippen molar-refractivity contribution < 1.29 is 9.59 Å². The summed E-state index contributed by atoms with van der Waals surface area (Å²) >= 11 is 0. The van der Waals surface area contributed by atoms with Gasteiger partial charge in [0.25, 0.3) is 0 Å². The highest BCUT2D eigenvalue weighted by Crippen LogP contribution is 2.16. The minimum Gasteiger partial charge on any atom is -0.356 e. The maximum absolute atomic E-state index is 12.0. The van der Waals surface area contributed by atoms with E-state index in [-0.39, 0.29) is 23.8 Å². The van der Waals surface area contributed by atoms with Gasteiger partial charge in [0, 0.05) is 24.9 Å². The van der Waals surface area contributed by atoms with E-state index in [9.17, 15) is 9.59 Å². The molecule has 0 aromatic heterocycles.